The summed E-state index contributed by atoms with van der Waals surface area (Å²) in [5.74, 6) is -1.26. The highest BCUT2D eigenvalue weighted by molar-refractivity contribution is 7.90. The molecule has 1 aromatic heterocycles. The van der Waals surface area contributed by atoms with Crippen molar-refractivity contribution >= 4 is 21.9 Å². The van der Waals surface area contributed by atoms with E-state index in [1.807, 2.05) is 0 Å². The first kappa shape index (κ1) is 15.5. The van der Waals surface area contributed by atoms with E-state index >= 15 is 0 Å². The van der Waals surface area contributed by atoms with Gasteiger partial charge in [0.25, 0.3) is 0 Å². The Hall–Kier alpha value is -1.87. The van der Waals surface area contributed by atoms with Gasteiger partial charge in [0, 0.05) is 19.2 Å². The molecule has 0 saturated carbocycles. The van der Waals surface area contributed by atoms with Gasteiger partial charge in [-0.2, -0.15) is 12.7 Å². The molecule has 8 nitrogen and oxygen atoms in total. The maximum absolute atomic E-state index is 12.2. The van der Waals surface area contributed by atoms with Crippen molar-refractivity contribution in [2.24, 2.45) is 5.92 Å². The fourth-order valence-electron chi connectivity index (χ4n) is 2.14. The van der Waals surface area contributed by atoms with E-state index in [0.717, 1.165) is 4.31 Å². The lowest BCUT2D eigenvalue weighted by molar-refractivity contribution is -0.142. The molecule has 0 radical (unpaired) electrons. The van der Waals surface area contributed by atoms with Gasteiger partial charge in [0.05, 0.1) is 24.9 Å². The second-order valence-electron chi connectivity index (χ2n) is 4.73. The van der Waals surface area contributed by atoms with E-state index < -0.39 is 22.1 Å². The van der Waals surface area contributed by atoms with Gasteiger partial charge >= 0.3 is 16.2 Å². The Morgan fingerprint density at radius 3 is 2.86 bits per heavy atom. The summed E-state index contributed by atoms with van der Waals surface area (Å²) in [7, 11) is -2.32. The van der Waals surface area contributed by atoms with Gasteiger partial charge in [-0.3, -0.25) is 9.52 Å². The highest BCUT2D eigenvalue weighted by Gasteiger charge is 2.32. The second kappa shape index (κ2) is 6.27. The molecule has 1 atom stereocenters. The number of hydrogen-bond donors (Lipinski definition) is 2. The zero-order valence-corrected chi connectivity index (χ0v) is 12.3. The predicted octanol–water partition coefficient (Wildman–Crippen LogP) is 0.543. The summed E-state index contributed by atoms with van der Waals surface area (Å²) in [6.07, 6.45) is 2.36. The van der Waals surface area contributed by atoms with Crippen LogP contribution < -0.4 is 9.46 Å². The Bertz CT molecular complexity index is 602. The zero-order valence-electron chi connectivity index (χ0n) is 11.5. The van der Waals surface area contributed by atoms with E-state index in [1.165, 1.54) is 25.4 Å². The summed E-state index contributed by atoms with van der Waals surface area (Å²) in [5.41, 5.74) is 0.299. The smallest absolute Gasteiger partial charge is 0.307 e. The standard InChI is InChI=1S/C12H17N3O5S/c1-20-11-5-4-10(7-13-11)14-21(18,19)15-6-2-3-9(8-15)12(16)17/h4-5,7,9,14H,2-3,6,8H2,1H3,(H,16,17). The summed E-state index contributed by atoms with van der Waals surface area (Å²) in [4.78, 5) is 14.9. The van der Waals surface area contributed by atoms with Crippen LogP contribution in [0.1, 0.15) is 12.8 Å². The number of piperidine rings is 1. The fourth-order valence-corrected chi connectivity index (χ4v) is 3.43. The van der Waals surface area contributed by atoms with Gasteiger partial charge in [-0.05, 0) is 18.9 Å². The van der Waals surface area contributed by atoms with E-state index in [9.17, 15) is 13.2 Å². The molecule has 2 N–H and O–H groups in total. The van der Waals surface area contributed by atoms with E-state index in [2.05, 4.69) is 9.71 Å². The van der Waals surface area contributed by atoms with Crippen LogP contribution in [0.15, 0.2) is 18.3 Å². The van der Waals surface area contributed by atoms with Crippen molar-refractivity contribution < 1.29 is 23.1 Å². The average Bonchev–Trinajstić information content (AvgIpc) is 2.48. The lowest BCUT2D eigenvalue weighted by Crippen LogP contribution is -2.44. The molecule has 2 rings (SSSR count). The maximum atomic E-state index is 12.2. The van der Waals surface area contributed by atoms with Crippen LogP contribution in [-0.4, -0.2) is 49.0 Å². The van der Waals surface area contributed by atoms with Crippen molar-refractivity contribution in [1.29, 1.82) is 0 Å². The molecule has 116 valence electrons. The molecule has 1 unspecified atom stereocenters. The van der Waals surface area contributed by atoms with Crippen LogP contribution in [0.25, 0.3) is 0 Å². The number of rotatable bonds is 5. The van der Waals surface area contributed by atoms with Crippen LogP contribution in [0.5, 0.6) is 5.88 Å². The monoisotopic (exact) mass is 315 g/mol. The van der Waals surface area contributed by atoms with Crippen molar-refractivity contribution in [3.8, 4) is 5.88 Å². The number of pyridine rings is 1. The molecule has 0 aliphatic carbocycles. The number of nitrogens with zero attached hydrogens (tertiary/aromatic N) is 2. The topological polar surface area (TPSA) is 109 Å². The Morgan fingerprint density at radius 2 is 2.29 bits per heavy atom. The number of carbonyl (C=O) groups is 1. The van der Waals surface area contributed by atoms with Crippen molar-refractivity contribution in [3.63, 3.8) is 0 Å². The lowest BCUT2D eigenvalue weighted by atomic mass is 10.0. The molecule has 1 fully saturated rings. The Kier molecular flexibility index (Phi) is 4.63. The Morgan fingerprint density at radius 1 is 1.52 bits per heavy atom. The summed E-state index contributed by atoms with van der Waals surface area (Å²) in [6.45, 7) is 0.289. The van der Waals surface area contributed by atoms with E-state index in [4.69, 9.17) is 9.84 Å². The summed E-state index contributed by atoms with van der Waals surface area (Å²) >= 11 is 0. The average molecular weight is 315 g/mol. The molecule has 1 aliphatic heterocycles. The lowest BCUT2D eigenvalue weighted by Gasteiger charge is -2.29. The third kappa shape index (κ3) is 3.82. The number of carboxylic acids is 1. The molecule has 0 aromatic carbocycles. The van der Waals surface area contributed by atoms with Gasteiger partial charge in [0.2, 0.25) is 5.88 Å². The van der Waals surface area contributed by atoms with Crippen LogP contribution in [0.4, 0.5) is 5.69 Å². The first-order valence-corrected chi connectivity index (χ1v) is 7.87. The Balaban J connectivity index is 2.08. The molecule has 1 aliphatic rings. The molecule has 0 amide bonds. The number of aromatic nitrogens is 1. The first-order chi connectivity index (χ1) is 9.92. The highest BCUT2D eigenvalue weighted by Crippen LogP contribution is 2.21. The van der Waals surface area contributed by atoms with Crippen LogP contribution in [0.2, 0.25) is 0 Å². The van der Waals surface area contributed by atoms with Crippen LogP contribution in [-0.2, 0) is 15.0 Å². The third-order valence-corrected chi connectivity index (χ3v) is 4.77. The van der Waals surface area contributed by atoms with Gasteiger partial charge in [-0.1, -0.05) is 0 Å². The second-order valence-corrected chi connectivity index (χ2v) is 6.40. The minimum absolute atomic E-state index is 0.0196. The van der Waals surface area contributed by atoms with Gasteiger partial charge in [-0.15, -0.1) is 0 Å². The van der Waals surface area contributed by atoms with E-state index in [0.29, 0.717) is 31.0 Å². The molecule has 0 spiro atoms. The van der Waals surface area contributed by atoms with Gasteiger partial charge in [0.15, 0.2) is 0 Å². The number of hydrogen-bond acceptors (Lipinski definition) is 5. The SMILES string of the molecule is COc1ccc(NS(=O)(=O)N2CCCC(C(=O)O)C2)cn1. The quantitative estimate of drug-likeness (QED) is 0.821. The minimum Gasteiger partial charge on any atom is -0.481 e. The molecule has 9 heteroatoms. The first-order valence-electron chi connectivity index (χ1n) is 6.43. The molecule has 2 heterocycles. The van der Waals surface area contributed by atoms with Gasteiger partial charge in [0.1, 0.15) is 0 Å². The van der Waals surface area contributed by atoms with Crippen LogP contribution >= 0.6 is 0 Å². The summed E-state index contributed by atoms with van der Waals surface area (Å²) in [5, 5.41) is 9.00. The molecule has 0 bridgehead atoms. The van der Waals surface area contributed by atoms with Crippen molar-refractivity contribution in [3.05, 3.63) is 18.3 Å². The molecular weight excluding hydrogens is 298 g/mol. The molecule has 1 saturated heterocycles. The van der Waals surface area contributed by atoms with Gasteiger partial charge in [-0.25, -0.2) is 4.98 Å². The number of carboxylic acid groups (broad SMARTS) is 1. The predicted molar refractivity (Wildman–Crippen MR) is 75.3 cm³/mol. The molecule has 21 heavy (non-hydrogen) atoms. The number of ether oxygens (including phenoxy) is 1. The van der Waals surface area contributed by atoms with Crippen LogP contribution in [0.3, 0.4) is 0 Å². The highest BCUT2D eigenvalue weighted by atomic mass is 32.2. The fraction of sp³-hybridized carbons (Fsp3) is 0.500. The molecular formula is C12H17N3O5S. The van der Waals surface area contributed by atoms with Gasteiger partial charge < -0.3 is 9.84 Å². The number of nitrogens with one attached hydrogen (secondary N) is 1. The Labute approximate surface area is 122 Å². The van der Waals surface area contributed by atoms with Crippen LogP contribution in [0, 0.1) is 5.92 Å². The maximum Gasteiger partial charge on any atom is 0.307 e. The number of anilines is 1. The number of aliphatic carboxylic acids is 1. The number of methoxy groups -OCH3 is 1. The van der Waals surface area contributed by atoms with Crippen molar-refractivity contribution in [2.45, 2.75) is 12.8 Å². The van der Waals surface area contributed by atoms with E-state index in [1.54, 1.807) is 0 Å². The van der Waals surface area contributed by atoms with Crippen molar-refractivity contribution in [1.82, 2.24) is 9.29 Å². The minimum atomic E-state index is -3.78. The summed E-state index contributed by atoms with van der Waals surface area (Å²) < 4.78 is 32.9. The largest absolute Gasteiger partial charge is 0.481 e. The van der Waals surface area contributed by atoms with E-state index in [-0.39, 0.29) is 6.54 Å². The zero-order chi connectivity index (χ0) is 15.5. The summed E-state index contributed by atoms with van der Waals surface area (Å²) in [6, 6.07) is 3.07. The molecule has 1 aromatic rings. The normalized spacial score (nSPS) is 20.0. The van der Waals surface area contributed by atoms with Crippen molar-refractivity contribution in [2.75, 3.05) is 24.9 Å². The third-order valence-electron chi connectivity index (χ3n) is 3.27.